The van der Waals surface area contributed by atoms with Crippen LogP contribution in [-0.4, -0.2) is 42.5 Å². The van der Waals surface area contributed by atoms with E-state index in [2.05, 4.69) is 29.7 Å². The molecule has 1 heterocycles. The van der Waals surface area contributed by atoms with Crippen molar-refractivity contribution in [1.29, 1.82) is 0 Å². The lowest BCUT2D eigenvalue weighted by molar-refractivity contribution is -0.904. The lowest BCUT2D eigenvalue weighted by Gasteiger charge is -2.23. The first-order valence-electron chi connectivity index (χ1n) is 10.3. The lowest BCUT2D eigenvalue weighted by Crippen LogP contribution is -3.17. The first-order chi connectivity index (χ1) is 14.4. The number of fused-ring (bicyclic) bond motifs is 1. The van der Waals surface area contributed by atoms with Gasteiger partial charge in [0.2, 0.25) is 0 Å². The molecule has 0 aliphatic carbocycles. The van der Waals surface area contributed by atoms with E-state index in [0.29, 0.717) is 13.1 Å². The molecule has 0 saturated carbocycles. The molecule has 2 aromatic carbocycles. The standard InChI is InChI=1S/C23H28N4O2S/c1-5-24-21(28)14-27(6-2)16(4)22(29)25-18-10-8-17(9-11-18)23-26-19-12-7-15(3)13-20(19)30-23/h7-13,16H,5-6,14H2,1-4H3,(H,24,28)(H,25,29)/p+1/t16-/m1/s1. The number of nitrogens with one attached hydrogen (secondary N) is 3. The Bertz CT molecular complexity index is 1030. The highest BCUT2D eigenvalue weighted by atomic mass is 32.1. The maximum atomic E-state index is 12.7. The van der Waals surface area contributed by atoms with Gasteiger partial charge in [-0.2, -0.15) is 0 Å². The molecule has 2 amide bonds. The highest BCUT2D eigenvalue weighted by Gasteiger charge is 2.25. The normalized spacial score (nSPS) is 13.1. The third-order valence-electron chi connectivity index (χ3n) is 5.16. The zero-order chi connectivity index (χ0) is 21.7. The summed E-state index contributed by atoms with van der Waals surface area (Å²) in [5, 5.41) is 6.72. The highest BCUT2D eigenvalue weighted by Crippen LogP contribution is 2.31. The Morgan fingerprint density at radius 3 is 2.53 bits per heavy atom. The summed E-state index contributed by atoms with van der Waals surface area (Å²) in [7, 11) is 0. The van der Waals surface area contributed by atoms with E-state index in [0.717, 1.165) is 26.7 Å². The maximum Gasteiger partial charge on any atom is 0.282 e. The van der Waals surface area contributed by atoms with Crippen LogP contribution in [0.4, 0.5) is 5.69 Å². The lowest BCUT2D eigenvalue weighted by atomic mass is 10.2. The number of aromatic nitrogens is 1. The number of nitrogens with zero attached hydrogens (tertiary/aromatic N) is 1. The average Bonchev–Trinajstić information content (AvgIpc) is 3.15. The Morgan fingerprint density at radius 1 is 1.13 bits per heavy atom. The monoisotopic (exact) mass is 425 g/mol. The molecule has 3 aromatic rings. The predicted octanol–water partition coefficient (Wildman–Crippen LogP) is 2.64. The molecule has 0 saturated heterocycles. The number of quaternary nitrogens is 1. The van der Waals surface area contributed by atoms with E-state index < -0.39 is 0 Å². The maximum absolute atomic E-state index is 12.7. The Kier molecular flexibility index (Phi) is 7.18. The second-order valence-electron chi connectivity index (χ2n) is 7.42. The fourth-order valence-corrected chi connectivity index (χ4v) is 4.41. The van der Waals surface area contributed by atoms with E-state index in [1.807, 2.05) is 51.1 Å². The van der Waals surface area contributed by atoms with Gasteiger partial charge in [0.15, 0.2) is 12.6 Å². The van der Waals surface area contributed by atoms with Crippen molar-refractivity contribution >= 4 is 39.1 Å². The van der Waals surface area contributed by atoms with Crippen molar-refractivity contribution in [3.63, 3.8) is 0 Å². The topological polar surface area (TPSA) is 75.5 Å². The summed E-state index contributed by atoms with van der Waals surface area (Å²) in [6.07, 6.45) is 0. The Hall–Kier alpha value is -2.77. The summed E-state index contributed by atoms with van der Waals surface area (Å²) in [5.74, 6) is -0.135. The van der Waals surface area contributed by atoms with Gasteiger partial charge in [-0.1, -0.05) is 6.07 Å². The van der Waals surface area contributed by atoms with Gasteiger partial charge in [0.05, 0.1) is 16.8 Å². The Morgan fingerprint density at radius 2 is 1.87 bits per heavy atom. The first kappa shape index (κ1) is 21.9. The number of hydrogen-bond donors (Lipinski definition) is 3. The first-order valence-corrected chi connectivity index (χ1v) is 11.1. The average molecular weight is 426 g/mol. The van der Waals surface area contributed by atoms with Crippen LogP contribution in [0.2, 0.25) is 0 Å². The van der Waals surface area contributed by atoms with Crippen LogP contribution in [0.15, 0.2) is 42.5 Å². The molecule has 0 aliphatic heterocycles. The molecule has 0 radical (unpaired) electrons. The van der Waals surface area contributed by atoms with Gasteiger partial charge in [0.25, 0.3) is 11.8 Å². The number of thiazole rings is 1. The number of anilines is 1. The molecule has 2 atom stereocenters. The van der Waals surface area contributed by atoms with Crippen molar-refractivity contribution in [3.05, 3.63) is 48.0 Å². The number of carbonyl (C=O) groups excluding carboxylic acids is 2. The third-order valence-corrected chi connectivity index (χ3v) is 6.23. The van der Waals surface area contributed by atoms with Crippen molar-refractivity contribution in [2.45, 2.75) is 33.7 Å². The number of benzene rings is 2. The molecule has 0 aliphatic rings. The molecule has 3 rings (SSSR count). The van der Waals surface area contributed by atoms with E-state index in [4.69, 9.17) is 4.98 Å². The molecule has 1 unspecified atom stereocenters. The number of carbonyl (C=O) groups is 2. The van der Waals surface area contributed by atoms with Crippen LogP contribution < -0.4 is 15.5 Å². The minimum atomic E-state index is -0.329. The van der Waals surface area contributed by atoms with Crippen molar-refractivity contribution in [2.75, 3.05) is 25.0 Å². The molecule has 0 bridgehead atoms. The predicted molar refractivity (Wildman–Crippen MR) is 123 cm³/mol. The molecule has 0 fully saturated rings. The van der Waals surface area contributed by atoms with Gasteiger partial charge in [0.1, 0.15) is 5.01 Å². The molecule has 7 heteroatoms. The van der Waals surface area contributed by atoms with Crippen LogP contribution in [0.25, 0.3) is 20.8 Å². The minimum Gasteiger partial charge on any atom is -0.351 e. The molecule has 30 heavy (non-hydrogen) atoms. The van der Waals surface area contributed by atoms with Gasteiger partial charge in [-0.15, -0.1) is 11.3 Å². The summed E-state index contributed by atoms with van der Waals surface area (Å²) in [5.41, 5.74) is 3.99. The second kappa shape index (κ2) is 9.82. The van der Waals surface area contributed by atoms with Gasteiger partial charge in [-0.3, -0.25) is 9.59 Å². The summed E-state index contributed by atoms with van der Waals surface area (Å²) < 4.78 is 1.17. The van der Waals surface area contributed by atoms with E-state index in [1.165, 1.54) is 10.3 Å². The van der Waals surface area contributed by atoms with Gasteiger partial charge in [0, 0.05) is 17.8 Å². The smallest absolute Gasteiger partial charge is 0.282 e. The molecule has 158 valence electrons. The zero-order valence-corrected chi connectivity index (χ0v) is 18.7. The zero-order valence-electron chi connectivity index (χ0n) is 17.9. The minimum absolute atomic E-state index is 0.0376. The van der Waals surface area contributed by atoms with Crippen molar-refractivity contribution in [1.82, 2.24) is 10.3 Å². The van der Waals surface area contributed by atoms with Crippen molar-refractivity contribution < 1.29 is 14.5 Å². The van der Waals surface area contributed by atoms with Crippen LogP contribution in [0, 0.1) is 6.92 Å². The fourth-order valence-electron chi connectivity index (χ4n) is 3.34. The van der Waals surface area contributed by atoms with E-state index >= 15 is 0 Å². The molecule has 6 nitrogen and oxygen atoms in total. The van der Waals surface area contributed by atoms with E-state index in [-0.39, 0.29) is 24.4 Å². The summed E-state index contributed by atoms with van der Waals surface area (Å²) in [6, 6.07) is 13.7. The van der Waals surface area contributed by atoms with Gasteiger partial charge in [-0.05, 0) is 69.7 Å². The van der Waals surface area contributed by atoms with Crippen LogP contribution >= 0.6 is 11.3 Å². The number of amides is 2. The number of rotatable bonds is 8. The third kappa shape index (κ3) is 5.23. The van der Waals surface area contributed by atoms with Gasteiger partial charge >= 0.3 is 0 Å². The largest absolute Gasteiger partial charge is 0.351 e. The molecule has 1 aromatic heterocycles. The van der Waals surface area contributed by atoms with E-state index in [9.17, 15) is 9.59 Å². The van der Waals surface area contributed by atoms with Gasteiger partial charge < -0.3 is 15.5 Å². The van der Waals surface area contributed by atoms with Crippen molar-refractivity contribution in [2.24, 2.45) is 0 Å². The van der Waals surface area contributed by atoms with Crippen LogP contribution in [0.1, 0.15) is 26.3 Å². The number of aryl methyl sites for hydroxylation is 1. The molecular weight excluding hydrogens is 396 g/mol. The molecule has 0 spiro atoms. The van der Waals surface area contributed by atoms with Crippen LogP contribution in [0.5, 0.6) is 0 Å². The SMILES string of the molecule is CCNC(=O)C[NH+](CC)[C@H](C)C(=O)Nc1ccc(-c2nc3ccc(C)cc3s2)cc1. The second-order valence-corrected chi connectivity index (χ2v) is 8.45. The summed E-state index contributed by atoms with van der Waals surface area (Å²) in [6.45, 7) is 9.37. The quantitative estimate of drug-likeness (QED) is 0.519. The summed E-state index contributed by atoms with van der Waals surface area (Å²) in [4.78, 5) is 30.2. The number of likely N-dealkylation sites (N-methyl/N-ethyl adjacent to an activating group) is 2. The summed E-state index contributed by atoms with van der Waals surface area (Å²) >= 11 is 1.67. The van der Waals surface area contributed by atoms with Crippen LogP contribution in [-0.2, 0) is 9.59 Å². The van der Waals surface area contributed by atoms with Gasteiger partial charge in [-0.25, -0.2) is 4.98 Å². The van der Waals surface area contributed by atoms with Crippen molar-refractivity contribution in [3.8, 4) is 10.6 Å². The molecular formula is C23H29N4O2S+. The Labute approximate surface area is 181 Å². The fraction of sp³-hybridized carbons (Fsp3) is 0.348. The Balaban J connectivity index is 1.66. The highest BCUT2D eigenvalue weighted by molar-refractivity contribution is 7.21. The van der Waals surface area contributed by atoms with Crippen LogP contribution in [0.3, 0.4) is 0 Å². The number of hydrogen-bond acceptors (Lipinski definition) is 4. The molecule has 3 N–H and O–H groups in total. The van der Waals surface area contributed by atoms with E-state index in [1.54, 1.807) is 11.3 Å².